The lowest BCUT2D eigenvalue weighted by Crippen LogP contribution is -2.68. The van der Waals surface area contributed by atoms with Crippen molar-refractivity contribution in [1.82, 2.24) is 5.32 Å². The average Bonchev–Trinajstić information content (AvgIpc) is 2.88. The first kappa shape index (κ1) is 26.6. The van der Waals surface area contributed by atoms with Crippen LogP contribution < -0.4 is 14.8 Å². The van der Waals surface area contributed by atoms with E-state index >= 15 is 0 Å². The number of carboxylic acid groups (broad SMARTS) is 1. The Kier molecular flexibility index (Phi) is 8.39. The number of hydrogen-bond acceptors (Lipinski definition) is 9. The number of carboxylic acids is 1. The maximum absolute atomic E-state index is 12.1. The number of rotatable bonds is 9. The highest BCUT2D eigenvalue weighted by Crippen LogP contribution is 2.36. The van der Waals surface area contributed by atoms with Gasteiger partial charge in [0.05, 0.1) is 13.7 Å². The Bertz CT molecular complexity index is 1100. The summed E-state index contributed by atoms with van der Waals surface area (Å²) in [5.41, 5.74) is 1.23. The summed E-state index contributed by atoms with van der Waals surface area (Å²) in [6, 6.07) is 12.7. The minimum Gasteiger partial charge on any atom is -0.497 e. The summed E-state index contributed by atoms with van der Waals surface area (Å²) in [4.78, 5) is 35.1. The molecule has 0 radical (unpaired) electrons. The third-order valence-electron chi connectivity index (χ3n) is 6.01. The van der Waals surface area contributed by atoms with Crippen molar-refractivity contribution < 1.29 is 47.9 Å². The summed E-state index contributed by atoms with van der Waals surface area (Å²) in [6.07, 6.45) is -4.24. The van der Waals surface area contributed by atoms with Crippen LogP contribution in [0.1, 0.15) is 36.1 Å². The summed E-state index contributed by atoms with van der Waals surface area (Å²) in [5, 5.41) is 12.0. The molecule has 1 amide bonds. The van der Waals surface area contributed by atoms with Crippen LogP contribution in [0.15, 0.2) is 48.5 Å². The zero-order chi connectivity index (χ0) is 26.5. The smallest absolute Gasteiger partial charge is 0.329 e. The van der Waals surface area contributed by atoms with Gasteiger partial charge in [-0.3, -0.25) is 9.59 Å². The van der Waals surface area contributed by atoms with Gasteiger partial charge in [-0.2, -0.15) is 0 Å². The minimum absolute atomic E-state index is 0.0931. The van der Waals surface area contributed by atoms with Crippen molar-refractivity contribution in [3.8, 4) is 11.5 Å². The molecule has 2 aromatic rings. The molecule has 11 nitrogen and oxygen atoms in total. The molecule has 2 aromatic carbocycles. The number of amides is 1. The van der Waals surface area contributed by atoms with Gasteiger partial charge in [-0.1, -0.05) is 12.1 Å². The summed E-state index contributed by atoms with van der Waals surface area (Å²) in [6.45, 7) is 2.26. The Morgan fingerprint density at radius 1 is 1.00 bits per heavy atom. The van der Waals surface area contributed by atoms with Crippen molar-refractivity contribution in [3.63, 3.8) is 0 Å². The quantitative estimate of drug-likeness (QED) is 0.477. The number of ether oxygens (including phenoxy) is 6. The van der Waals surface area contributed by atoms with Crippen LogP contribution in [-0.4, -0.2) is 73.7 Å². The molecule has 2 aliphatic rings. The second kappa shape index (κ2) is 11.7. The van der Waals surface area contributed by atoms with E-state index in [2.05, 4.69) is 5.32 Å². The maximum Gasteiger partial charge on any atom is 0.329 e. The monoisotopic (exact) mass is 515 g/mol. The molecule has 0 bridgehead atoms. The highest BCUT2D eigenvalue weighted by atomic mass is 16.8. The van der Waals surface area contributed by atoms with Crippen molar-refractivity contribution in [1.29, 1.82) is 0 Å². The van der Waals surface area contributed by atoms with Gasteiger partial charge in [-0.05, 0) is 43.3 Å². The number of carbonyl (C=O) groups excluding carboxylic acids is 2. The second-order valence-electron chi connectivity index (χ2n) is 8.68. The van der Waals surface area contributed by atoms with E-state index in [-0.39, 0.29) is 12.4 Å². The van der Waals surface area contributed by atoms with Crippen LogP contribution in [0.2, 0.25) is 0 Å². The predicted octanol–water partition coefficient (Wildman–Crippen LogP) is 2.09. The largest absolute Gasteiger partial charge is 0.497 e. The molecule has 0 saturated carbocycles. The number of aliphatic carboxylic acids is 1. The van der Waals surface area contributed by atoms with Gasteiger partial charge in [0, 0.05) is 18.1 Å². The molecule has 37 heavy (non-hydrogen) atoms. The highest BCUT2D eigenvalue weighted by molar-refractivity contribution is 5.94. The van der Waals surface area contributed by atoms with Gasteiger partial charge in [0.25, 0.3) is 0 Å². The van der Waals surface area contributed by atoms with E-state index < -0.39 is 55.4 Å². The van der Waals surface area contributed by atoms with Crippen LogP contribution in [-0.2, 0) is 28.5 Å². The van der Waals surface area contributed by atoms with E-state index in [1.807, 2.05) is 0 Å². The van der Waals surface area contributed by atoms with Crippen molar-refractivity contribution in [2.24, 2.45) is 0 Å². The van der Waals surface area contributed by atoms with Crippen LogP contribution in [0, 0.1) is 0 Å². The van der Waals surface area contributed by atoms with Crippen molar-refractivity contribution in [2.45, 2.75) is 50.8 Å². The van der Waals surface area contributed by atoms with Crippen LogP contribution >= 0.6 is 0 Å². The van der Waals surface area contributed by atoms with E-state index in [0.717, 1.165) is 5.56 Å². The number of Topliss-reactive ketones (excluding diaryl/α,β-unsaturated/α-hetero) is 1. The predicted molar refractivity (Wildman–Crippen MR) is 127 cm³/mol. The highest BCUT2D eigenvalue weighted by Gasteiger charge is 2.52. The molecule has 11 heteroatoms. The van der Waals surface area contributed by atoms with Crippen LogP contribution in [0.3, 0.4) is 0 Å². The van der Waals surface area contributed by atoms with E-state index in [9.17, 15) is 19.5 Å². The van der Waals surface area contributed by atoms with Gasteiger partial charge >= 0.3 is 5.97 Å². The summed E-state index contributed by atoms with van der Waals surface area (Å²) in [7, 11) is 1.56. The van der Waals surface area contributed by atoms with Gasteiger partial charge in [-0.15, -0.1) is 0 Å². The van der Waals surface area contributed by atoms with E-state index in [1.165, 1.54) is 13.8 Å². The molecule has 4 rings (SSSR count). The fourth-order valence-corrected chi connectivity index (χ4v) is 4.26. The molecule has 2 N–H and O–H groups in total. The fraction of sp³-hybridized carbons (Fsp3) is 0.423. The Labute approximate surface area is 213 Å². The third-order valence-corrected chi connectivity index (χ3v) is 6.01. The lowest BCUT2D eigenvalue weighted by Gasteiger charge is -2.49. The van der Waals surface area contributed by atoms with Gasteiger partial charge < -0.3 is 38.8 Å². The van der Waals surface area contributed by atoms with Crippen molar-refractivity contribution >= 4 is 17.7 Å². The lowest BCUT2D eigenvalue weighted by atomic mass is 9.95. The minimum atomic E-state index is -1.18. The number of fused-ring (bicyclic) bond motifs is 1. The molecule has 6 atom stereocenters. The van der Waals surface area contributed by atoms with E-state index in [1.54, 1.807) is 55.6 Å². The number of methoxy groups -OCH3 is 1. The van der Waals surface area contributed by atoms with Gasteiger partial charge in [0.1, 0.15) is 42.5 Å². The van der Waals surface area contributed by atoms with Gasteiger partial charge in [-0.25, -0.2) is 4.79 Å². The summed E-state index contributed by atoms with van der Waals surface area (Å²) >= 11 is 0. The number of hydrogen-bond donors (Lipinski definition) is 2. The zero-order valence-corrected chi connectivity index (χ0v) is 20.6. The molecule has 0 aliphatic carbocycles. The molecule has 2 saturated heterocycles. The summed E-state index contributed by atoms with van der Waals surface area (Å²) in [5.74, 6) is -0.613. The van der Waals surface area contributed by atoms with Crippen molar-refractivity contribution in [2.75, 3.05) is 20.3 Å². The number of nitrogens with one attached hydrogen (secondary N) is 1. The van der Waals surface area contributed by atoms with Crippen LogP contribution in [0.4, 0.5) is 0 Å². The van der Waals surface area contributed by atoms with Crippen LogP contribution in [0.5, 0.6) is 11.5 Å². The Hall–Kier alpha value is -3.51. The normalized spacial score (nSPS) is 27.0. The summed E-state index contributed by atoms with van der Waals surface area (Å²) < 4.78 is 35.2. The average molecular weight is 516 g/mol. The van der Waals surface area contributed by atoms with Crippen LogP contribution in [0.25, 0.3) is 0 Å². The molecule has 6 unspecified atom stereocenters. The lowest BCUT2D eigenvalue weighted by molar-refractivity contribution is -0.337. The zero-order valence-electron chi connectivity index (χ0n) is 20.6. The molecule has 0 aromatic heterocycles. The van der Waals surface area contributed by atoms with E-state index in [4.69, 9.17) is 28.4 Å². The first-order chi connectivity index (χ1) is 17.7. The fourth-order valence-electron chi connectivity index (χ4n) is 4.26. The first-order valence-corrected chi connectivity index (χ1v) is 11.7. The Balaban J connectivity index is 1.59. The number of benzene rings is 2. The maximum atomic E-state index is 12.1. The molecule has 2 fully saturated rings. The molecular formula is C26H29NO10. The molecule has 198 valence electrons. The molecule has 2 heterocycles. The molecule has 0 spiro atoms. The van der Waals surface area contributed by atoms with Gasteiger partial charge in [0.15, 0.2) is 12.1 Å². The first-order valence-electron chi connectivity index (χ1n) is 11.7. The second-order valence-corrected chi connectivity index (χ2v) is 8.68. The Morgan fingerprint density at radius 2 is 1.68 bits per heavy atom. The van der Waals surface area contributed by atoms with Crippen molar-refractivity contribution in [3.05, 3.63) is 59.7 Å². The molecular weight excluding hydrogens is 486 g/mol. The van der Waals surface area contributed by atoms with E-state index in [0.29, 0.717) is 17.1 Å². The SMILES string of the molecule is COc1ccc(C2OCC3OC(Oc4ccc(C(C)=O)cc4)C(NC(C)=O)C(OCC(=O)O)C3O2)cc1. The Morgan fingerprint density at radius 3 is 2.27 bits per heavy atom. The third kappa shape index (κ3) is 6.44. The molecule has 2 aliphatic heterocycles. The topological polar surface area (TPSA) is 139 Å². The van der Waals surface area contributed by atoms with Gasteiger partial charge in [0.2, 0.25) is 12.2 Å². The standard InChI is InChI=1S/C26H29NO10/c1-14(28)16-4-10-19(11-5-16)35-26-22(27-15(2)29)24(33-13-21(30)31)23-20(36-26)12-34-25(37-23)17-6-8-18(32-3)9-7-17/h4-11,20,22-26H,12-13H2,1-3H3,(H,27,29)(H,30,31). The number of ketones is 1. The number of carbonyl (C=O) groups is 3.